The quantitative estimate of drug-likeness (QED) is 0.780. The summed E-state index contributed by atoms with van der Waals surface area (Å²) in [7, 11) is 0. The Balaban J connectivity index is 2.41. The molecule has 0 radical (unpaired) electrons. The van der Waals surface area contributed by atoms with Gasteiger partial charge in [0.15, 0.2) is 5.11 Å². The fourth-order valence-electron chi connectivity index (χ4n) is 1.60. The van der Waals surface area contributed by atoms with Gasteiger partial charge in [-0.05, 0) is 49.0 Å². The van der Waals surface area contributed by atoms with E-state index in [2.05, 4.69) is 16.8 Å². The van der Waals surface area contributed by atoms with E-state index in [0.717, 1.165) is 11.4 Å². The van der Waals surface area contributed by atoms with Gasteiger partial charge in [-0.1, -0.05) is 6.07 Å². The maximum absolute atomic E-state index is 5.44. The molecule has 2 rings (SSSR count). The minimum absolute atomic E-state index is 0.280. The van der Waals surface area contributed by atoms with Crippen molar-refractivity contribution in [1.29, 1.82) is 0 Å². The fraction of sp³-hybridized carbons (Fsp3) is 0.0833. The van der Waals surface area contributed by atoms with Crippen LogP contribution >= 0.6 is 12.2 Å². The molecule has 0 fully saturated rings. The summed E-state index contributed by atoms with van der Waals surface area (Å²) in [4.78, 5) is 0. The van der Waals surface area contributed by atoms with E-state index in [1.165, 1.54) is 5.56 Å². The predicted molar refractivity (Wildman–Crippen MR) is 70.9 cm³/mol. The van der Waals surface area contributed by atoms with Crippen molar-refractivity contribution in [2.45, 2.75) is 6.92 Å². The molecule has 1 aromatic heterocycles. The van der Waals surface area contributed by atoms with E-state index in [0.29, 0.717) is 0 Å². The number of nitrogens with zero attached hydrogens (tertiary/aromatic N) is 1. The largest absolute Gasteiger partial charge is 0.376 e. The van der Waals surface area contributed by atoms with Gasteiger partial charge in [0, 0.05) is 23.8 Å². The second-order valence-corrected chi connectivity index (χ2v) is 4.02. The first kappa shape index (κ1) is 10.7. The molecule has 16 heavy (non-hydrogen) atoms. The number of nitrogens with one attached hydrogen (secondary N) is 1. The summed E-state index contributed by atoms with van der Waals surface area (Å²) in [6.45, 7) is 2.07. The van der Waals surface area contributed by atoms with Gasteiger partial charge in [-0.3, -0.25) is 0 Å². The lowest BCUT2D eigenvalue weighted by atomic mass is 10.2. The topological polar surface area (TPSA) is 43.0 Å². The van der Waals surface area contributed by atoms with E-state index >= 15 is 0 Å². The van der Waals surface area contributed by atoms with Crippen LogP contribution in [0.4, 0.5) is 5.69 Å². The highest BCUT2D eigenvalue weighted by molar-refractivity contribution is 7.80. The van der Waals surface area contributed by atoms with Gasteiger partial charge in [0.05, 0.1) is 0 Å². The van der Waals surface area contributed by atoms with Crippen molar-refractivity contribution in [1.82, 2.24) is 4.57 Å². The molecule has 0 spiro atoms. The van der Waals surface area contributed by atoms with Crippen molar-refractivity contribution in [2.24, 2.45) is 5.73 Å². The Morgan fingerprint density at radius 2 is 2.00 bits per heavy atom. The number of benzene rings is 1. The standard InChI is InChI=1S/C12H13N3S/c1-9-4-5-10(14-12(13)16)8-11(9)15-6-2-3-7-15/h2-8H,1H3,(H3,13,14,16). The fourth-order valence-corrected chi connectivity index (χ4v) is 1.72. The zero-order valence-electron chi connectivity index (χ0n) is 8.97. The molecule has 4 heteroatoms. The molecule has 0 saturated heterocycles. The molecule has 1 heterocycles. The maximum Gasteiger partial charge on any atom is 0.168 e. The van der Waals surface area contributed by atoms with Gasteiger partial charge in [0.1, 0.15) is 0 Å². The van der Waals surface area contributed by atoms with Gasteiger partial charge >= 0.3 is 0 Å². The normalized spacial score (nSPS) is 10.1. The number of hydrogen-bond donors (Lipinski definition) is 2. The van der Waals surface area contributed by atoms with Crippen LogP contribution in [-0.2, 0) is 0 Å². The van der Waals surface area contributed by atoms with Crippen molar-refractivity contribution in [3.05, 3.63) is 48.3 Å². The first-order valence-electron chi connectivity index (χ1n) is 4.97. The molecule has 0 aliphatic rings. The second-order valence-electron chi connectivity index (χ2n) is 3.58. The average Bonchev–Trinajstić information content (AvgIpc) is 2.73. The molecule has 0 bridgehead atoms. The molecular weight excluding hydrogens is 218 g/mol. The van der Waals surface area contributed by atoms with Crippen molar-refractivity contribution >= 4 is 23.0 Å². The number of hydrogen-bond acceptors (Lipinski definition) is 1. The van der Waals surface area contributed by atoms with E-state index in [1.807, 2.05) is 42.7 Å². The summed E-state index contributed by atoms with van der Waals surface area (Å²) in [5, 5.41) is 3.21. The molecule has 0 aliphatic heterocycles. The molecule has 0 saturated carbocycles. The van der Waals surface area contributed by atoms with E-state index in [1.54, 1.807) is 0 Å². The van der Waals surface area contributed by atoms with Gasteiger partial charge < -0.3 is 15.6 Å². The number of aromatic nitrogens is 1. The van der Waals surface area contributed by atoms with Crippen molar-refractivity contribution in [2.75, 3.05) is 5.32 Å². The molecule has 3 N–H and O–H groups in total. The van der Waals surface area contributed by atoms with Crippen LogP contribution in [0.15, 0.2) is 42.7 Å². The highest BCUT2D eigenvalue weighted by Gasteiger charge is 2.02. The summed E-state index contributed by atoms with van der Waals surface area (Å²) < 4.78 is 2.06. The number of nitrogens with two attached hydrogens (primary N) is 1. The number of thiocarbonyl (C=S) groups is 1. The van der Waals surface area contributed by atoms with Crippen LogP contribution in [0.25, 0.3) is 5.69 Å². The number of rotatable bonds is 2. The molecule has 3 nitrogen and oxygen atoms in total. The van der Waals surface area contributed by atoms with Crippen LogP contribution in [0.5, 0.6) is 0 Å². The van der Waals surface area contributed by atoms with Gasteiger partial charge in [0.25, 0.3) is 0 Å². The summed E-state index contributed by atoms with van der Waals surface area (Å²) in [6.07, 6.45) is 4.01. The van der Waals surface area contributed by atoms with Crippen LogP contribution in [-0.4, -0.2) is 9.68 Å². The highest BCUT2D eigenvalue weighted by Crippen LogP contribution is 2.19. The third kappa shape index (κ3) is 2.23. The summed E-state index contributed by atoms with van der Waals surface area (Å²) in [5.41, 5.74) is 8.66. The van der Waals surface area contributed by atoms with Gasteiger partial charge in [-0.15, -0.1) is 0 Å². The molecule has 2 aromatic rings. The Labute approximate surface area is 99.9 Å². The minimum Gasteiger partial charge on any atom is -0.376 e. The Morgan fingerprint density at radius 3 is 2.62 bits per heavy atom. The predicted octanol–water partition coefficient (Wildman–Crippen LogP) is 2.44. The molecule has 0 amide bonds. The zero-order valence-corrected chi connectivity index (χ0v) is 9.79. The lowest BCUT2D eigenvalue weighted by molar-refractivity contribution is 1.06. The number of anilines is 1. The first-order valence-corrected chi connectivity index (χ1v) is 5.38. The Bertz CT molecular complexity index is 503. The molecular formula is C12H13N3S. The van der Waals surface area contributed by atoms with Gasteiger partial charge in [-0.25, -0.2) is 0 Å². The lowest BCUT2D eigenvalue weighted by Crippen LogP contribution is -2.19. The Kier molecular flexibility index (Phi) is 2.92. The van der Waals surface area contributed by atoms with E-state index in [9.17, 15) is 0 Å². The monoisotopic (exact) mass is 231 g/mol. The van der Waals surface area contributed by atoms with Crippen molar-refractivity contribution in [3.63, 3.8) is 0 Å². The van der Waals surface area contributed by atoms with Crippen molar-refractivity contribution < 1.29 is 0 Å². The average molecular weight is 231 g/mol. The van der Waals surface area contributed by atoms with Crippen LogP contribution in [0.2, 0.25) is 0 Å². The maximum atomic E-state index is 5.44. The van der Waals surface area contributed by atoms with Crippen LogP contribution < -0.4 is 11.1 Å². The molecule has 82 valence electrons. The molecule has 1 aromatic carbocycles. The van der Waals surface area contributed by atoms with Gasteiger partial charge in [-0.2, -0.15) is 0 Å². The van der Waals surface area contributed by atoms with E-state index < -0.39 is 0 Å². The Morgan fingerprint density at radius 1 is 1.31 bits per heavy atom. The summed E-state index contributed by atoms with van der Waals surface area (Å²) >= 11 is 4.81. The number of aryl methyl sites for hydroxylation is 1. The minimum atomic E-state index is 0.280. The van der Waals surface area contributed by atoms with Crippen LogP contribution in [0.1, 0.15) is 5.56 Å². The summed E-state index contributed by atoms with van der Waals surface area (Å²) in [5.74, 6) is 0. The van der Waals surface area contributed by atoms with E-state index in [4.69, 9.17) is 18.0 Å². The molecule has 0 aliphatic carbocycles. The van der Waals surface area contributed by atoms with Crippen LogP contribution in [0, 0.1) is 6.92 Å². The third-order valence-electron chi connectivity index (χ3n) is 2.36. The Hall–Kier alpha value is -1.81. The second kappa shape index (κ2) is 4.37. The van der Waals surface area contributed by atoms with E-state index in [-0.39, 0.29) is 5.11 Å². The first-order chi connectivity index (χ1) is 7.66. The van der Waals surface area contributed by atoms with Crippen LogP contribution in [0.3, 0.4) is 0 Å². The van der Waals surface area contributed by atoms with Crippen molar-refractivity contribution in [3.8, 4) is 5.69 Å². The molecule has 0 atom stereocenters. The molecule has 0 unspecified atom stereocenters. The third-order valence-corrected chi connectivity index (χ3v) is 2.46. The lowest BCUT2D eigenvalue weighted by Gasteiger charge is -2.10. The smallest absolute Gasteiger partial charge is 0.168 e. The highest BCUT2D eigenvalue weighted by atomic mass is 32.1. The zero-order chi connectivity index (χ0) is 11.5. The van der Waals surface area contributed by atoms with Gasteiger partial charge in [0.2, 0.25) is 0 Å². The summed E-state index contributed by atoms with van der Waals surface area (Å²) in [6, 6.07) is 10.0. The SMILES string of the molecule is Cc1ccc(NC(N)=S)cc1-n1cccc1.